The van der Waals surface area contributed by atoms with Gasteiger partial charge in [0.05, 0.1) is 5.41 Å². The number of aliphatic carboxylic acids is 1. The molecule has 9 atom stereocenters. The first-order chi connectivity index (χ1) is 22.3. The fraction of sp³-hybridized carbons (Fsp3) is 0.850. The van der Waals surface area contributed by atoms with Gasteiger partial charge in [-0.3, -0.25) is 19.2 Å². The smallest absolute Gasteiger partial charge is 0.325 e. The van der Waals surface area contributed by atoms with E-state index in [1.807, 2.05) is 6.92 Å². The lowest BCUT2D eigenvalue weighted by Crippen LogP contribution is -2.65. The minimum Gasteiger partial charge on any atom is -0.480 e. The normalized spacial score (nSPS) is 40.0. The van der Waals surface area contributed by atoms with Crippen molar-refractivity contribution in [3.8, 4) is 0 Å². The molecule has 0 aromatic heterocycles. The van der Waals surface area contributed by atoms with Gasteiger partial charge in [-0.15, -0.1) is 0 Å². The van der Waals surface area contributed by atoms with Gasteiger partial charge in [-0.1, -0.05) is 67.0 Å². The van der Waals surface area contributed by atoms with Gasteiger partial charge in [0.15, 0.2) is 0 Å². The maximum Gasteiger partial charge on any atom is 0.325 e. The van der Waals surface area contributed by atoms with Gasteiger partial charge in [0.1, 0.15) is 12.1 Å². The molecule has 0 spiro atoms. The van der Waals surface area contributed by atoms with Gasteiger partial charge in [0, 0.05) is 24.8 Å². The molecule has 0 unspecified atom stereocenters. The summed E-state index contributed by atoms with van der Waals surface area (Å²) in [6, 6.07) is -0.927. The molecule has 0 bridgehead atoms. The molecule has 0 heterocycles. The number of carbonyl (C=O) groups excluding carboxylic acids is 3. The van der Waals surface area contributed by atoms with Crippen molar-refractivity contribution in [2.45, 2.75) is 158 Å². The van der Waals surface area contributed by atoms with Crippen molar-refractivity contribution in [3.63, 3.8) is 0 Å². The highest BCUT2D eigenvalue weighted by Crippen LogP contribution is 2.75. The van der Waals surface area contributed by atoms with Gasteiger partial charge >= 0.3 is 11.9 Å². The van der Waals surface area contributed by atoms with Crippen molar-refractivity contribution in [1.29, 1.82) is 0 Å². The summed E-state index contributed by atoms with van der Waals surface area (Å²) in [7, 11) is 0. The molecule has 5 aliphatic rings. The predicted octanol–water partition coefficient (Wildman–Crippen LogP) is 7.60. The van der Waals surface area contributed by atoms with Crippen LogP contribution >= 0.6 is 0 Å². The number of ether oxygens (including phenoxy) is 1. The number of nitrogens with one attached hydrogen (secondary N) is 2. The molecule has 48 heavy (non-hydrogen) atoms. The second-order valence-electron chi connectivity index (χ2n) is 18.6. The van der Waals surface area contributed by atoms with Crippen molar-refractivity contribution < 1.29 is 29.0 Å². The van der Waals surface area contributed by atoms with Crippen LogP contribution in [0.25, 0.3) is 0 Å². The Morgan fingerprint density at radius 3 is 2.29 bits per heavy atom. The zero-order valence-electron chi connectivity index (χ0n) is 31.4. The van der Waals surface area contributed by atoms with Gasteiger partial charge in [-0.05, 0) is 117 Å². The van der Waals surface area contributed by atoms with Gasteiger partial charge in [-0.2, -0.15) is 0 Å². The summed E-state index contributed by atoms with van der Waals surface area (Å²) in [5, 5.41) is 14.8. The number of carboxylic acid groups (broad SMARTS) is 1. The maximum absolute atomic E-state index is 14.3. The van der Waals surface area contributed by atoms with E-state index in [9.17, 15) is 19.2 Å². The molecule has 4 fully saturated rings. The molecule has 8 heteroatoms. The maximum atomic E-state index is 14.3. The van der Waals surface area contributed by atoms with Crippen molar-refractivity contribution in [2.75, 3.05) is 6.54 Å². The average Bonchev–Trinajstić information content (AvgIpc) is 3.00. The number of hydrogen-bond donors (Lipinski definition) is 3. The number of carboxylic acids is 1. The minimum absolute atomic E-state index is 0.0142. The Morgan fingerprint density at radius 1 is 0.938 bits per heavy atom. The van der Waals surface area contributed by atoms with Gasteiger partial charge in [0.2, 0.25) is 11.8 Å². The van der Waals surface area contributed by atoms with E-state index < -0.39 is 17.4 Å². The van der Waals surface area contributed by atoms with Crippen molar-refractivity contribution in [1.82, 2.24) is 10.6 Å². The number of esters is 1. The molecule has 5 aliphatic carbocycles. The number of carbonyl (C=O) groups is 4. The third-order valence-electron chi connectivity index (χ3n) is 15.2. The molecule has 3 N–H and O–H groups in total. The standard InChI is InChI=1S/C40H64N2O6/c1-10-32(44)48-30-16-17-37(7)28(36(30,5)6)15-18-39(9)29(37)14-13-26-27-24-35(3,4)19-21-40(27,22-20-38(26,39)8)34(47)41-23-11-12-31(43)42-25(2)33(45)46/h13,25,27-30H,10-12,14-24H2,1-9H3,(H,41,47)(H,42,43)(H,45,46)/t25-,27-,28-,29+,30-,37-,38+,39+,40-/m0/s1. The quantitative estimate of drug-likeness (QED) is 0.132. The summed E-state index contributed by atoms with van der Waals surface area (Å²) >= 11 is 0. The third-order valence-corrected chi connectivity index (χ3v) is 15.2. The zero-order valence-corrected chi connectivity index (χ0v) is 31.4. The van der Waals surface area contributed by atoms with Gasteiger partial charge < -0.3 is 20.5 Å². The van der Waals surface area contributed by atoms with Crippen molar-refractivity contribution in [2.24, 2.45) is 50.2 Å². The van der Waals surface area contributed by atoms with Gasteiger partial charge in [0.25, 0.3) is 0 Å². The first-order valence-corrected chi connectivity index (χ1v) is 19.0. The summed E-state index contributed by atoms with van der Waals surface area (Å²) in [4.78, 5) is 50.0. The van der Waals surface area contributed by atoms with Crippen LogP contribution in [0.15, 0.2) is 11.6 Å². The highest BCUT2D eigenvalue weighted by atomic mass is 16.5. The zero-order chi connectivity index (χ0) is 35.5. The topological polar surface area (TPSA) is 122 Å². The van der Waals surface area contributed by atoms with E-state index in [0.29, 0.717) is 31.2 Å². The third kappa shape index (κ3) is 5.93. The van der Waals surface area contributed by atoms with Crippen LogP contribution in [0.2, 0.25) is 0 Å². The van der Waals surface area contributed by atoms with E-state index >= 15 is 0 Å². The molecule has 270 valence electrons. The summed E-state index contributed by atoms with van der Waals surface area (Å²) < 4.78 is 6.07. The SMILES string of the molecule is CCC(=O)O[C@H]1CC[C@]2(C)[C@H]3CC=C4[C@@H]5CC(C)(C)CC[C@]5(C(=O)NCCCC(=O)N[C@@H](C)C(=O)O)CC[C@@]4(C)[C@]3(C)CC[C@H]2C1(C)C. The van der Waals surface area contributed by atoms with E-state index in [0.717, 1.165) is 64.2 Å². The van der Waals surface area contributed by atoms with Crippen LogP contribution in [-0.2, 0) is 23.9 Å². The van der Waals surface area contributed by atoms with E-state index in [2.05, 4.69) is 65.2 Å². The Bertz CT molecular complexity index is 1340. The van der Waals surface area contributed by atoms with E-state index in [4.69, 9.17) is 9.84 Å². The van der Waals surface area contributed by atoms with Crippen LogP contribution in [0.4, 0.5) is 0 Å². The molecule has 4 saturated carbocycles. The number of fused-ring (bicyclic) bond motifs is 7. The van der Waals surface area contributed by atoms with Crippen LogP contribution in [-0.4, -0.2) is 47.6 Å². The van der Waals surface area contributed by atoms with Crippen LogP contribution < -0.4 is 10.6 Å². The van der Waals surface area contributed by atoms with E-state index in [-0.39, 0.29) is 63.3 Å². The van der Waals surface area contributed by atoms with E-state index in [1.54, 1.807) is 0 Å². The Hall–Kier alpha value is -2.38. The lowest BCUT2D eigenvalue weighted by atomic mass is 9.33. The first kappa shape index (κ1) is 36.9. The molecular formula is C40H64N2O6. The highest BCUT2D eigenvalue weighted by Gasteiger charge is 2.69. The molecule has 0 saturated heterocycles. The summed E-state index contributed by atoms with van der Waals surface area (Å²) in [5.41, 5.74) is 1.47. The predicted molar refractivity (Wildman–Crippen MR) is 187 cm³/mol. The number of hydrogen-bond acceptors (Lipinski definition) is 5. The molecule has 2 amide bonds. The first-order valence-electron chi connectivity index (χ1n) is 19.0. The second-order valence-corrected chi connectivity index (χ2v) is 18.6. The number of amides is 2. The van der Waals surface area contributed by atoms with Crippen LogP contribution in [0.1, 0.15) is 146 Å². The summed E-state index contributed by atoms with van der Waals surface area (Å²) in [6.07, 6.45) is 13.8. The molecule has 8 nitrogen and oxygen atoms in total. The lowest BCUT2D eigenvalue weighted by molar-refractivity contribution is -0.212. The molecule has 0 aromatic rings. The minimum atomic E-state index is -1.06. The lowest BCUT2D eigenvalue weighted by Gasteiger charge is -2.71. The monoisotopic (exact) mass is 668 g/mol. The number of allylic oxidation sites excluding steroid dienone is 2. The largest absolute Gasteiger partial charge is 0.480 e. The molecule has 0 aliphatic heterocycles. The molecule has 5 rings (SSSR count). The fourth-order valence-corrected chi connectivity index (χ4v) is 12.1. The average molecular weight is 669 g/mol. The van der Waals surface area contributed by atoms with Gasteiger partial charge in [-0.25, -0.2) is 0 Å². The van der Waals surface area contributed by atoms with Crippen LogP contribution in [0.3, 0.4) is 0 Å². The molecule has 0 aromatic carbocycles. The van der Waals surface area contributed by atoms with Crippen molar-refractivity contribution in [3.05, 3.63) is 11.6 Å². The molecule has 0 radical (unpaired) electrons. The van der Waals surface area contributed by atoms with E-state index in [1.165, 1.54) is 12.5 Å². The fourth-order valence-electron chi connectivity index (χ4n) is 12.1. The summed E-state index contributed by atoms with van der Waals surface area (Å²) in [6.45, 7) is 20.8. The Morgan fingerprint density at radius 2 is 1.62 bits per heavy atom. The van der Waals surface area contributed by atoms with Crippen LogP contribution in [0, 0.1) is 50.2 Å². The molecular weight excluding hydrogens is 604 g/mol. The second kappa shape index (κ2) is 12.7. The van der Waals surface area contributed by atoms with Crippen LogP contribution in [0.5, 0.6) is 0 Å². The number of rotatable bonds is 9. The summed E-state index contributed by atoms with van der Waals surface area (Å²) in [5.74, 6) is -0.0965. The Kier molecular flexibility index (Phi) is 9.79. The van der Waals surface area contributed by atoms with Crippen molar-refractivity contribution >= 4 is 23.8 Å². The Balaban J connectivity index is 1.38. The highest BCUT2D eigenvalue weighted by molar-refractivity contribution is 5.85. The Labute approximate surface area is 289 Å².